The predicted octanol–water partition coefficient (Wildman–Crippen LogP) is 0.991. The first-order valence-electron chi connectivity index (χ1n) is 5.14. The minimum Gasteiger partial charge on any atom is -0.381 e. The van der Waals surface area contributed by atoms with Crippen LogP contribution in [0, 0.1) is 5.92 Å². The van der Waals surface area contributed by atoms with Crippen LogP contribution in [0.1, 0.15) is 20.3 Å². The first kappa shape index (κ1) is 11.6. The minimum atomic E-state index is -0.698. The minimum absolute atomic E-state index is 0.0196. The Hall–Kier alpha value is -0.450. The lowest BCUT2D eigenvalue weighted by molar-refractivity contribution is -0.171. The molecule has 82 valence electrons. The van der Waals surface area contributed by atoms with E-state index >= 15 is 0 Å². The first-order valence-corrected chi connectivity index (χ1v) is 5.14. The maximum atomic E-state index is 11.8. The van der Waals surface area contributed by atoms with Crippen LogP contribution in [-0.4, -0.2) is 38.5 Å². The van der Waals surface area contributed by atoms with Gasteiger partial charge in [0.05, 0.1) is 6.61 Å². The van der Waals surface area contributed by atoms with Gasteiger partial charge < -0.3 is 14.2 Å². The molecule has 4 heteroatoms. The van der Waals surface area contributed by atoms with Gasteiger partial charge in [-0.1, -0.05) is 0 Å². The van der Waals surface area contributed by atoms with Crippen LogP contribution in [0.5, 0.6) is 0 Å². The number of ketones is 1. The summed E-state index contributed by atoms with van der Waals surface area (Å²) in [6.07, 6.45) is 0.0897. The normalized spacial score (nSPS) is 21.8. The first-order chi connectivity index (χ1) is 6.79. The molecule has 0 aromatic rings. The predicted molar refractivity (Wildman–Crippen MR) is 51.0 cm³/mol. The highest BCUT2D eigenvalue weighted by Crippen LogP contribution is 2.16. The van der Waals surface area contributed by atoms with Crippen LogP contribution in [0.15, 0.2) is 0 Å². The number of hydrogen-bond acceptors (Lipinski definition) is 4. The van der Waals surface area contributed by atoms with Crippen LogP contribution in [0.3, 0.4) is 0 Å². The SMILES string of the molecule is CCOC(OCC)C(=O)C1CCOC1. The average Bonchev–Trinajstić information content (AvgIpc) is 2.69. The van der Waals surface area contributed by atoms with Gasteiger partial charge in [0, 0.05) is 25.7 Å². The lowest BCUT2D eigenvalue weighted by Crippen LogP contribution is -2.33. The maximum Gasteiger partial charge on any atom is 0.218 e. The summed E-state index contributed by atoms with van der Waals surface area (Å²) in [7, 11) is 0. The zero-order valence-electron chi connectivity index (χ0n) is 8.82. The molecule has 0 N–H and O–H groups in total. The Kier molecular flexibility index (Phi) is 5.07. The lowest BCUT2D eigenvalue weighted by atomic mass is 10.0. The molecule has 1 aliphatic heterocycles. The van der Waals surface area contributed by atoms with E-state index in [1.807, 2.05) is 13.8 Å². The van der Waals surface area contributed by atoms with Crippen molar-refractivity contribution in [3.63, 3.8) is 0 Å². The van der Waals surface area contributed by atoms with Gasteiger partial charge in [-0.25, -0.2) is 0 Å². The molecule has 0 radical (unpaired) electrons. The maximum absolute atomic E-state index is 11.8. The molecule has 1 atom stereocenters. The van der Waals surface area contributed by atoms with Gasteiger partial charge in [0.15, 0.2) is 5.78 Å². The van der Waals surface area contributed by atoms with Gasteiger partial charge in [0.1, 0.15) is 0 Å². The lowest BCUT2D eigenvalue weighted by Gasteiger charge is -2.18. The number of ether oxygens (including phenoxy) is 3. The zero-order valence-corrected chi connectivity index (χ0v) is 8.82. The molecular weight excluding hydrogens is 184 g/mol. The Balaban J connectivity index is 2.43. The van der Waals surface area contributed by atoms with E-state index in [1.165, 1.54) is 0 Å². The summed E-state index contributed by atoms with van der Waals surface area (Å²) in [5.41, 5.74) is 0. The smallest absolute Gasteiger partial charge is 0.218 e. The van der Waals surface area contributed by atoms with Crippen molar-refractivity contribution in [3.05, 3.63) is 0 Å². The van der Waals surface area contributed by atoms with E-state index in [-0.39, 0.29) is 11.7 Å². The van der Waals surface area contributed by atoms with Gasteiger partial charge >= 0.3 is 0 Å². The van der Waals surface area contributed by atoms with E-state index in [1.54, 1.807) is 0 Å². The molecule has 1 fully saturated rings. The molecule has 4 nitrogen and oxygen atoms in total. The van der Waals surface area contributed by atoms with Gasteiger partial charge in [-0.2, -0.15) is 0 Å². The summed E-state index contributed by atoms with van der Waals surface area (Å²) in [6.45, 7) is 5.86. The summed E-state index contributed by atoms with van der Waals surface area (Å²) in [4.78, 5) is 11.8. The molecule has 0 aromatic carbocycles. The van der Waals surface area contributed by atoms with Crippen molar-refractivity contribution in [1.82, 2.24) is 0 Å². The molecule has 1 saturated heterocycles. The van der Waals surface area contributed by atoms with Crippen molar-refractivity contribution in [1.29, 1.82) is 0 Å². The Morgan fingerprint density at radius 2 is 2.07 bits per heavy atom. The molecule has 0 spiro atoms. The van der Waals surface area contributed by atoms with E-state index in [2.05, 4.69) is 0 Å². The fourth-order valence-corrected chi connectivity index (χ4v) is 1.47. The standard InChI is InChI=1S/C10H18O4/c1-3-13-10(14-4-2)9(11)8-5-6-12-7-8/h8,10H,3-7H2,1-2H3. The van der Waals surface area contributed by atoms with Crippen molar-refractivity contribution in [2.45, 2.75) is 26.6 Å². The van der Waals surface area contributed by atoms with Crippen molar-refractivity contribution in [2.75, 3.05) is 26.4 Å². The summed E-state index contributed by atoms with van der Waals surface area (Å²) >= 11 is 0. The Labute approximate surface area is 84.5 Å². The van der Waals surface area contributed by atoms with Crippen LogP contribution in [0.2, 0.25) is 0 Å². The van der Waals surface area contributed by atoms with E-state index in [0.717, 1.165) is 6.42 Å². The number of hydrogen-bond donors (Lipinski definition) is 0. The van der Waals surface area contributed by atoms with Crippen LogP contribution in [-0.2, 0) is 19.0 Å². The number of Topliss-reactive ketones (excluding diaryl/α,β-unsaturated/α-hetero) is 1. The van der Waals surface area contributed by atoms with Crippen LogP contribution in [0.4, 0.5) is 0 Å². The molecule has 0 saturated carbocycles. The molecule has 1 heterocycles. The van der Waals surface area contributed by atoms with Gasteiger partial charge in [-0.05, 0) is 20.3 Å². The van der Waals surface area contributed by atoms with Gasteiger partial charge in [0.2, 0.25) is 6.29 Å². The van der Waals surface area contributed by atoms with Gasteiger partial charge in [0.25, 0.3) is 0 Å². The Morgan fingerprint density at radius 3 is 2.50 bits per heavy atom. The van der Waals surface area contributed by atoms with Crippen molar-refractivity contribution >= 4 is 5.78 Å². The molecule has 0 amide bonds. The fraction of sp³-hybridized carbons (Fsp3) is 0.900. The summed E-state index contributed by atoms with van der Waals surface area (Å²) in [5, 5.41) is 0. The third-order valence-electron chi connectivity index (χ3n) is 2.20. The summed E-state index contributed by atoms with van der Waals surface area (Å²) in [5.74, 6) is -0.0238. The molecule has 14 heavy (non-hydrogen) atoms. The van der Waals surface area contributed by atoms with Gasteiger partial charge in [-0.15, -0.1) is 0 Å². The second kappa shape index (κ2) is 6.11. The average molecular weight is 202 g/mol. The van der Waals surface area contributed by atoms with Gasteiger partial charge in [-0.3, -0.25) is 4.79 Å². The summed E-state index contributed by atoms with van der Waals surface area (Å²) in [6, 6.07) is 0. The number of carbonyl (C=O) groups excluding carboxylic acids is 1. The van der Waals surface area contributed by atoms with E-state index in [4.69, 9.17) is 14.2 Å². The highest BCUT2D eigenvalue weighted by Gasteiger charge is 2.30. The molecule has 0 bridgehead atoms. The molecule has 0 aromatic heterocycles. The second-order valence-electron chi connectivity index (χ2n) is 3.21. The van der Waals surface area contributed by atoms with Crippen LogP contribution in [0.25, 0.3) is 0 Å². The summed E-state index contributed by atoms with van der Waals surface area (Å²) < 4.78 is 15.6. The molecule has 0 aliphatic carbocycles. The van der Waals surface area contributed by atoms with E-state index < -0.39 is 6.29 Å². The number of rotatable bonds is 6. The third-order valence-corrected chi connectivity index (χ3v) is 2.20. The van der Waals surface area contributed by atoms with Crippen molar-refractivity contribution < 1.29 is 19.0 Å². The van der Waals surface area contributed by atoms with Crippen LogP contribution < -0.4 is 0 Å². The second-order valence-corrected chi connectivity index (χ2v) is 3.21. The Morgan fingerprint density at radius 1 is 1.43 bits per heavy atom. The fourth-order valence-electron chi connectivity index (χ4n) is 1.47. The quantitative estimate of drug-likeness (QED) is 0.602. The molecular formula is C10H18O4. The van der Waals surface area contributed by atoms with Crippen LogP contribution >= 0.6 is 0 Å². The Bertz CT molecular complexity index is 169. The molecule has 1 aliphatic rings. The highest BCUT2D eigenvalue weighted by molar-refractivity contribution is 5.84. The topological polar surface area (TPSA) is 44.8 Å². The van der Waals surface area contributed by atoms with E-state index in [0.29, 0.717) is 26.4 Å². The van der Waals surface area contributed by atoms with Crippen molar-refractivity contribution in [3.8, 4) is 0 Å². The molecule has 1 rings (SSSR count). The van der Waals surface area contributed by atoms with E-state index in [9.17, 15) is 4.79 Å². The molecule has 1 unspecified atom stereocenters. The largest absolute Gasteiger partial charge is 0.381 e. The van der Waals surface area contributed by atoms with Crippen molar-refractivity contribution in [2.24, 2.45) is 5.92 Å². The number of carbonyl (C=O) groups is 1. The highest BCUT2D eigenvalue weighted by atomic mass is 16.7. The zero-order chi connectivity index (χ0) is 10.4. The third kappa shape index (κ3) is 3.04. The monoisotopic (exact) mass is 202 g/mol.